The minimum absolute atomic E-state index is 0.787. The molecule has 124 valence electrons. The summed E-state index contributed by atoms with van der Waals surface area (Å²) >= 11 is 0. The normalized spacial score (nSPS) is 16.8. The number of anilines is 3. The van der Waals surface area contributed by atoms with Crippen LogP contribution in [0.15, 0.2) is 29.4 Å². The molecule has 0 radical (unpaired) electrons. The predicted octanol–water partition coefficient (Wildman–Crippen LogP) is 2.26. The number of fused-ring (bicyclic) bond motifs is 1. The third-order valence-corrected chi connectivity index (χ3v) is 4.48. The molecule has 4 rings (SSSR count). The summed E-state index contributed by atoms with van der Waals surface area (Å²) in [6.45, 7) is 6.79. The standard InChI is InChI=1S/C18H22N6/c1-13-10-21-18(24-7-2-5-19-6-8-24)23-17(13)22-16-4-3-14-11-20-12-15(14)9-16/h3-4,9-10,12,19H,2,5-8,11H2,1H3,(H,21,22,23). The third kappa shape index (κ3) is 3.10. The van der Waals surface area contributed by atoms with Gasteiger partial charge in [0.05, 0.1) is 6.54 Å². The zero-order valence-corrected chi connectivity index (χ0v) is 13.9. The van der Waals surface area contributed by atoms with Crippen molar-refractivity contribution in [2.24, 2.45) is 4.99 Å². The molecule has 1 saturated heterocycles. The van der Waals surface area contributed by atoms with Crippen LogP contribution in [0.2, 0.25) is 0 Å². The minimum atomic E-state index is 0.787. The fraction of sp³-hybridized carbons (Fsp3) is 0.389. The first-order chi connectivity index (χ1) is 11.8. The maximum Gasteiger partial charge on any atom is 0.227 e. The van der Waals surface area contributed by atoms with E-state index < -0.39 is 0 Å². The molecule has 2 aromatic rings. The smallest absolute Gasteiger partial charge is 0.227 e. The number of aliphatic imine (C=N–C) groups is 1. The highest BCUT2D eigenvalue weighted by atomic mass is 15.3. The summed E-state index contributed by atoms with van der Waals surface area (Å²) in [5.41, 5.74) is 4.54. The van der Waals surface area contributed by atoms with Crippen molar-refractivity contribution < 1.29 is 0 Å². The van der Waals surface area contributed by atoms with Gasteiger partial charge < -0.3 is 15.5 Å². The SMILES string of the molecule is Cc1cnc(N2CCCNCC2)nc1Nc1ccc2c(c1)C=NC2. The van der Waals surface area contributed by atoms with Gasteiger partial charge in [0.1, 0.15) is 5.82 Å². The Morgan fingerprint density at radius 1 is 1.21 bits per heavy atom. The molecule has 0 atom stereocenters. The van der Waals surface area contributed by atoms with Crippen molar-refractivity contribution in [2.45, 2.75) is 19.9 Å². The molecule has 0 amide bonds. The summed E-state index contributed by atoms with van der Waals surface area (Å²) < 4.78 is 0. The first kappa shape index (κ1) is 15.1. The molecular weight excluding hydrogens is 300 g/mol. The van der Waals surface area contributed by atoms with Gasteiger partial charge in [-0.15, -0.1) is 0 Å². The lowest BCUT2D eigenvalue weighted by Crippen LogP contribution is -2.29. The first-order valence-electron chi connectivity index (χ1n) is 8.49. The van der Waals surface area contributed by atoms with Crippen LogP contribution in [0.3, 0.4) is 0 Å². The maximum atomic E-state index is 4.77. The highest BCUT2D eigenvalue weighted by molar-refractivity contribution is 5.86. The van der Waals surface area contributed by atoms with E-state index in [-0.39, 0.29) is 0 Å². The molecule has 24 heavy (non-hydrogen) atoms. The molecule has 0 unspecified atom stereocenters. The number of rotatable bonds is 3. The molecule has 0 spiro atoms. The Balaban J connectivity index is 1.58. The van der Waals surface area contributed by atoms with Gasteiger partial charge in [-0.05, 0) is 43.1 Å². The molecule has 0 bridgehead atoms. The van der Waals surface area contributed by atoms with Crippen LogP contribution in [0.25, 0.3) is 0 Å². The second kappa shape index (κ2) is 6.57. The van der Waals surface area contributed by atoms with Gasteiger partial charge in [-0.3, -0.25) is 4.99 Å². The molecule has 2 aliphatic rings. The minimum Gasteiger partial charge on any atom is -0.340 e. The summed E-state index contributed by atoms with van der Waals surface area (Å²) in [5.74, 6) is 1.67. The Labute approximate surface area is 142 Å². The van der Waals surface area contributed by atoms with E-state index in [0.717, 1.165) is 62.2 Å². The monoisotopic (exact) mass is 322 g/mol. The number of benzene rings is 1. The number of nitrogens with one attached hydrogen (secondary N) is 2. The van der Waals surface area contributed by atoms with Gasteiger partial charge in [-0.25, -0.2) is 4.98 Å². The van der Waals surface area contributed by atoms with Gasteiger partial charge in [0, 0.05) is 43.3 Å². The highest BCUT2D eigenvalue weighted by Gasteiger charge is 2.14. The Morgan fingerprint density at radius 2 is 2.17 bits per heavy atom. The molecule has 0 saturated carbocycles. The first-order valence-corrected chi connectivity index (χ1v) is 8.49. The van der Waals surface area contributed by atoms with Crippen LogP contribution in [-0.2, 0) is 6.54 Å². The zero-order chi connectivity index (χ0) is 16.4. The molecular formula is C18H22N6. The summed E-state index contributed by atoms with van der Waals surface area (Å²) in [4.78, 5) is 15.9. The molecule has 1 fully saturated rings. The topological polar surface area (TPSA) is 65.4 Å². The van der Waals surface area contributed by atoms with Crippen LogP contribution < -0.4 is 15.5 Å². The average molecular weight is 322 g/mol. The molecule has 2 aliphatic heterocycles. The van der Waals surface area contributed by atoms with Gasteiger partial charge in [0.2, 0.25) is 5.95 Å². The number of nitrogens with zero attached hydrogens (tertiary/aromatic N) is 4. The largest absolute Gasteiger partial charge is 0.340 e. The van der Waals surface area contributed by atoms with Crippen LogP contribution in [0, 0.1) is 6.92 Å². The van der Waals surface area contributed by atoms with Crippen molar-refractivity contribution in [3.63, 3.8) is 0 Å². The van der Waals surface area contributed by atoms with Crippen LogP contribution in [0.5, 0.6) is 0 Å². The Bertz CT molecular complexity index is 762. The van der Waals surface area contributed by atoms with E-state index in [1.807, 2.05) is 19.3 Å². The summed E-state index contributed by atoms with van der Waals surface area (Å²) in [6.07, 6.45) is 4.95. The van der Waals surface area contributed by atoms with Crippen molar-refractivity contribution in [1.82, 2.24) is 15.3 Å². The fourth-order valence-corrected chi connectivity index (χ4v) is 3.07. The Kier molecular flexibility index (Phi) is 4.13. The van der Waals surface area contributed by atoms with Crippen molar-refractivity contribution in [2.75, 3.05) is 36.4 Å². The van der Waals surface area contributed by atoms with Crippen molar-refractivity contribution in [3.05, 3.63) is 41.1 Å². The van der Waals surface area contributed by atoms with E-state index in [0.29, 0.717) is 0 Å². The van der Waals surface area contributed by atoms with Crippen molar-refractivity contribution in [1.29, 1.82) is 0 Å². The van der Waals surface area contributed by atoms with Crippen molar-refractivity contribution >= 4 is 23.7 Å². The number of aryl methyl sites for hydroxylation is 1. The quantitative estimate of drug-likeness (QED) is 0.907. The Hall–Kier alpha value is -2.47. The summed E-state index contributed by atoms with van der Waals surface area (Å²) in [7, 11) is 0. The molecule has 0 aliphatic carbocycles. The lowest BCUT2D eigenvalue weighted by Gasteiger charge is -2.21. The highest BCUT2D eigenvalue weighted by Crippen LogP contribution is 2.24. The molecule has 6 heteroatoms. The van der Waals surface area contributed by atoms with Gasteiger partial charge in [0.25, 0.3) is 0 Å². The molecule has 3 heterocycles. The summed E-state index contributed by atoms with van der Waals surface area (Å²) in [6, 6.07) is 6.34. The van der Waals surface area contributed by atoms with Gasteiger partial charge >= 0.3 is 0 Å². The van der Waals surface area contributed by atoms with E-state index >= 15 is 0 Å². The number of hydrogen-bond acceptors (Lipinski definition) is 6. The van der Waals surface area contributed by atoms with Crippen LogP contribution in [0.1, 0.15) is 23.1 Å². The Morgan fingerprint density at radius 3 is 3.12 bits per heavy atom. The molecule has 6 nitrogen and oxygen atoms in total. The van der Waals surface area contributed by atoms with E-state index in [1.165, 1.54) is 11.1 Å². The molecule has 1 aromatic heterocycles. The van der Waals surface area contributed by atoms with Crippen LogP contribution >= 0.6 is 0 Å². The predicted molar refractivity (Wildman–Crippen MR) is 97.5 cm³/mol. The molecule has 1 aromatic carbocycles. The van der Waals surface area contributed by atoms with E-state index in [2.05, 4.69) is 43.7 Å². The summed E-state index contributed by atoms with van der Waals surface area (Å²) in [5, 5.41) is 6.85. The lowest BCUT2D eigenvalue weighted by atomic mass is 10.1. The third-order valence-electron chi connectivity index (χ3n) is 4.48. The van der Waals surface area contributed by atoms with Crippen LogP contribution in [0.4, 0.5) is 17.5 Å². The van der Waals surface area contributed by atoms with E-state index in [1.54, 1.807) is 0 Å². The number of aromatic nitrogens is 2. The second-order valence-electron chi connectivity index (χ2n) is 6.30. The lowest BCUT2D eigenvalue weighted by molar-refractivity contribution is 0.724. The second-order valence-corrected chi connectivity index (χ2v) is 6.30. The maximum absolute atomic E-state index is 4.77. The van der Waals surface area contributed by atoms with Crippen molar-refractivity contribution in [3.8, 4) is 0 Å². The molecule has 2 N–H and O–H groups in total. The van der Waals surface area contributed by atoms with Gasteiger partial charge in [0.15, 0.2) is 0 Å². The number of hydrogen-bond donors (Lipinski definition) is 2. The fourth-order valence-electron chi connectivity index (χ4n) is 3.07. The van der Waals surface area contributed by atoms with Gasteiger partial charge in [-0.1, -0.05) is 6.07 Å². The average Bonchev–Trinajstić information content (AvgIpc) is 2.89. The van der Waals surface area contributed by atoms with E-state index in [4.69, 9.17) is 4.98 Å². The van der Waals surface area contributed by atoms with E-state index in [9.17, 15) is 0 Å². The van der Waals surface area contributed by atoms with Gasteiger partial charge in [-0.2, -0.15) is 4.98 Å². The zero-order valence-electron chi connectivity index (χ0n) is 13.9. The van der Waals surface area contributed by atoms with Crippen LogP contribution in [-0.4, -0.2) is 42.4 Å².